The second-order valence-electron chi connectivity index (χ2n) is 3.86. The maximum atomic E-state index is 10.3. The lowest BCUT2D eigenvalue weighted by molar-refractivity contribution is 0.129. The molecule has 1 aromatic carbocycles. The predicted octanol–water partition coefficient (Wildman–Crippen LogP) is 3.83. The quantitative estimate of drug-likeness (QED) is 0.878. The van der Waals surface area contributed by atoms with Crippen molar-refractivity contribution in [2.75, 3.05) is 0 Å². The van der Waals surface area contributed by atoms with Crippen LogP contribution in [-0.4, -0.2) is 5.11 Å². The molecule has 1 fully saturated rings. The van der Waals surface area contributed by atoms with Gasteiger partial charge in [-0.2, -0.15) is 0 Å². The van der Waals surface area contributed by atoms with Crippen molar-refractivity contribution in [1.82, 2.24) is 0 Å². The lowest BCUT2D eigenvalue weighted by atomic mass is 10.1. The smallest absolute Gasteiger partial charge is 0.0940 e. The monoisotopic (exact) mass is 318 g/mol. The van der Waals surface area contributed by atoms with Crippen LogP contribution in [-0.2, 0) is 5.60 Å². The molecule has 76 valence electrons. The summed E-state index contributed by atoms with van der Waals surface area (Å²) in [5.41, 5.74) is 0.446. The molecule has 0 aromatic heterocycles. The maximum Gasteiger partial charge on any atom is 0.0940 e. The Morgan fingerprint density at radius 2 is 2.21 bits per heavy atom. The van der Waals surface area contributed by atoms with Crippen LogP contribution in [0.25, 0.3) is 0 Å². The fourth-order valence-corrected chi connectivity index (χ4v) is 3.36. The molecule has 3 heteroatoms. The minimum Gasteiger partial charge on any atom is -0.385 e. The highest BCUT2D eigenvalue weighted by molar-refractivity contribution is 9.11. The van der Waals surface area contributed by atoms with E-state index in [0.29, 0.717) is 5.92 Å². The summed E-state index contributed by atoms with van der Waals surface area (Å²) in [6, 6.07) is 5.95. The van der Waals surface area contributed by atoms with Gasteiger partial charge in [-0.1, -0.05) is 51.3 Å². The largest absolute Gasteiger partial charge is 0.385 e. The van der Waals surface area contributed by atoms with E-state index in [0.717, 1.165) is 27.4 Å². The molecular weight excluding hydrogens is 308 g/mol. The molecule has 0 bridgehead atoms. The van der Waals surface area contributed by atoms with Gasteiger partial charge >= 0.3 is 0 Å². The summed E-state index contributed by atoms with van der Waals surface area (Å²) in [4.78, 5) is 0. The van der Waals surface area contributed by atoms with Gasteiger partial charge in [0.1, 0.15) is 0 Å². The fraction of sp³-hybridized carbons (Fsp3) is 0.455. The third kappa shape index (κ3) is 1.66. The van der Waals surface area contributed by atoms with Gasteiger partial charge in [0, 0.05) is 8.95 Å². The molecule has 1 N–H and O–H groups in total. The molecule has 0 amide bonds. The molecule has 0 saturated heterocycles. The van der Waals surface area contributed by atoms with Crippen molar-refractivity contribution in [3.63, 3.8) is 0 Å². The molecule has 1 aromatic rings. The van der Waals surface area contributed by atoms with Gasteiger partial charge in [0.25, 0.3) is 0 Å². The van der Waals surface area contributed by atoms with Crippen molar-refractivity contribution >= 4 is 31.9 Å². The second-order valence-corrected chi connectivity index (χ2v) is 5.63. The zero-order chi connectivity index (χ0) is 10.3. The molecule has 0 radical (unpaired) electrons. The maximum absolute atomic E-state index is 10.3. The lowest BCUT2D eigenvalue weighted by Gasteiger charge is -2.12. The summed E-state index contributed by atoms with van der Waals surface area (Å²) in [5.74, 6) is 0.431. The molecule has 2 unspecified atom stereocenters. The van der Waals surface area contributed by atoms with E-state index in [1.165, 1.54) is 0 Å². The molecule has 0 heterocycles. The molecule has 0 spiro atoms. The second kappa shape index (κ2) is 3.62. The lowest BCUT2D eigenvalue weighted by Crippen LogP contribution is -2.09. The van der Waals surface area contributed by atoms with E-state index in [1.54, 1.807) is 0 Å². The normalized spacial score (nSPS) is 30.4. The first-order valence-corrected chi connectivity index (χ1v) is 6.34. The Morgan fingerprint density at radius 3 is 2.71 bits per heavy atom. The highest BCUT2D eigenvalue weighted by Crippen LogP contribution is 2.55. The van der Waals surface area contributed by atoms with Crippen molar-refractivity contribution < 1.29 is 5.11 Å². The summed E-state index contributed by atoms with van der Waals surface area (Å²) in [5, 5.41) is 10.3. The Kier molecular flexibility index (Phi) is 2.75. The first-order valence-electron chi connectivity index (χ1n) is 4.76. The highest BCUT2D eigenvalue weighted by Gasteiger charge is 2.53. The van der Waals surface area contributed by atoms with Crippen molar-refractivity contribution in [3.05, 3.63) is 32.7 Å². The average molecular weight is 320 g/mol. The van der Waals surface area contributed by atoms with Gasteiger partial charge in [0.15, 0.2) is 0 Å². The third-order valence-corrected chi connectivity index (χ3v) is 4.11. The third-order valence-electron chi connectivity index (χ3n) is 2.96. The van der Waals surface area contributed by atoms with E-state index >= 15 is 0 Å². The van der Waals surface area contributed by atoms with Gasteiger partial charge in [0.05, 0.1) is 5.60 Å². The van der Waals surface area contributed by atoms with E-state index in [4.69, 9.17) is 0 Å². The highest BCUT2D eigenvalue weighted by atomic mass is 79.9. The molecule has 1 saturated carbocycles. The number of rotatable bonds is 2. The van der Waals surface area contributed by atoms with Crippen LogP contribution in [0.4, 0.5) is 0 Å². The molecule has 14 heavy (non-hydrogen) atoms. The number of halogens is 2. The van der Waals surface area contributed by atoms with Crippen LogP contribution in [0.1, 0.15) is 25.3 Å². The van der Waals surface area contributed by atoms with Crippen molar-refractivity contribution in [2.24, 2.45) is 5.92 Å². The Labute approximate surface area is 101 Å². The Morgan fingerprint density at radius 1 is 1.50 bits per heavy atom. The van der Waals surface area contributed by atoms with Crippen molar-refractivity contribution in [1.29, 1.82) is 0 Å². The van der Waals surface area contributed by atoms with E-state index in [-0.39, 0.29) is 0 Å². The Balaban J connectivity index is 2.34. The Hall–Kier alpha value is 0.140. The summed E-state index contributed by atoms with van der Waals surface area (Å²) in [7, 11) is 0. The summed E-state index contributed by atoms with van der Waals surface area (Å²) >= 11 is 6.89. The zero-order valence-corrected chi connectivity index (χ0v) is 11.1. The minimum atomic E-state index is -0.575. The molecule has 1 aliphatic rings. The summed E-state index contributed by atoms with van der Waals surface area (Å²) in [6.45, 7) is 2.12. The topological polar surface area (TPSA) is 20.2 Å². The summed E-state index contributed by atoms with van der Waals surface area (Å²) < 4.78 is 2.02. The SMILES string of the molecule is CCC1CC1(O)c1ccc(Br)cc1Br. The first-order chi connectivity index (χ1) is 6.58. The average Bonchev–Trinajstić information content (AvgIpc) is 2.77. The van der Waals surface area contributed by atoms with Gasteiger partial charge in [-0.3, -0.25) is 0 Å². The van der Waals surface area contributed by atoms with E-state index in [1.807, 2.05) is 18.2 Å². The van der Waals surface area contributed by atoms with E-state index < -0.39 is 5.60 Å². The molecular formula is C11H12Br2O. The number of benzene rings is 1. The molecule has 1 nitrogen and oxygen atoms in total. The standard InChI is InChI=1S/C11H12Br2O/c1-2-7-6-11(7,14)9-4-3-8(12)5-10(9)13/h3-5,7,14H,2,6H2,1H3. The molecule has 2 atom stereocenters. The van der Waals surface area contributed by atoms with Crippen LogP contribution < -0.4 is 0 Å². The summed E-state index contributed by atoms with van der Waals surface area (Å²) in [6.07, 6.45) is 1.93. The minimum absolute atomic E-state index is 0.431. The number of hydrogen-bond acceptors (Lipinski definition) is 1. The van der Waals surface area contributed by atoms with Crippen molar-refractivity contribution in [2.45, 2.75) is 25.4 Å². The van der Waals surface area contributed by atoms with Crippen LogP contribution in [0.15, 0.2) is 27.1 Å². The van der Waals surface area contributed by atoms with E-state index in [2.05, 4.69) is 38.8 Å². The van der Waals surface area contributed by atoms with Gasteiger partial charge < -0.3 is 5.11 Å². The number of aliphatic hydroxyl groups is 1. The number of hydrogen-bond donors (Lipinski definition) is 1. The fourth-order valence-electron chi connectivity index (χ4n) is 1.97. The Bertz CT molecular complexity index is 364. The first kappa shape index (κ1) is 10.7. The zero-order valence-electron chi connectivity index (χ0n) is 7.93. The molecule has 0 aliphatic heterocycles. The van der Waals surface area contributed by atoms with Crippen LogP contribution in [0.3, 0.4) is 0 Å². The predicted molar refractivity (Wildman–Crippen MR) is 64.1 cm³/mol. The van der Waals surface area contributed by atoms with Crippen molar-refractivity contribution in [3.8, 4) is 0 Å². The van der Waals surface area contributed by atoms with E-state index in [9.17, 15) is 5.11 Å². The van der Waals surface area contributed by atoms with Gasteiger partial charge in [-0.25, -0.2) is 0 Å². The van der Waals surface area contributed by atoms with Gasteiger partial charge in [-0.15, -0.1) is 0 Å². The van der Waals surface area contributed by atoms with Gasteiger partial charge in [-0.05, 0) is 30.0 Å². The van der Waals surface area contributed by atoms with Crippen LogP contribution >= 0.6 is 31.9 Å². The van der Waals surface area contributed by atoms with Crippen LogP contribution in [0.2, 0.25) is 0 Å². The molecule has 1 aliphatic carbocycles. The van der Waals surface area contributed by atoms with Crippen LogP contribution in [0.5, 0.6) is 0 Å². The van der Waals surface area contributed by atoms with Gasteiger partial charge in [0.2, 0.25) is 0 Å². The molecule has 2 rings (SSSR count). The van der Waals surface area contributed by atoms with Crippen LogP contribution in [0, 0.1) is 5.92 Å².